The zero-order valence-corrected chi connectivity index (χ0v) is 10.6. The van der Waals surface area contributed by atoms with Crippen molar-refractivity contribution in [1.82, 2.24) is 0 Å². The molecule has 96 valence electrons. The van der Waals surface area contributed by atoms with Crippen LogP contribution in [0.15, 0.2) is 23.2 Å². The number of aliphatic imine (C=N–C) groups is 1. The third-order valence-electron chi connectivity index (χ3n) is 3.54. The highest BCUT2D eigenvalue weighted by Gasteiger charge is 2.13. The summed E-state index contributed by atoms with van der Waals surface area (Å²) in [6.07, 6.45) is 7.89. The van der Waals surface area contributed by atoms with Crippen molar-refractivity contribution in [2.24, 2.45) is 4.99 Å². The van der Waals surface area contributed by atoms with E-state index in [-0.39, 0.29) is 10.6 Å². The van der Waals surface area contributed by atoms with Crippen LogP contribution in [0.1, 0.15) is 43.2 Å². The number of nitro benzene ring substituents is 1. The maximum atomic E-state index is 10.8. The Morgan fingerprint density at radius 2 is 2.06 bits per heavy atom. The first-order valence-corrected chi connectivity index (χ1v) is 6.45. The lowest BCUT2D eigenvalue weighted by atomic mass is 9.96. The van der Waals surface area contributed by atoms with E-state index in [0.29, 0.717) is 11.6 Å². The van der Waals surface area contributed by atoms with Gasteiger partial charge >= 0.3 is 0 Å². The van der Waals surface area contributed by atoms with Crippen molar-refractivity contribution in [3.8, 4) is 0 Å². The van der Waals surface area contributed by atoms with Crippen molar-refractivity contribution in [2.45, 2.75) is 45.1 Å². The first-order chi connectivity index (χ1) is 8.68. The molecule has 0 spiro atoms. The summed E-state index contributed by atoms with van der Waals surface area (Å²) in [7, 11) is 0. The molecule has 0 radical (unpaired) electrons. The molecule has 1 fully saturated rings. The average molecular weight is 246 g/mol. The molecular weight excluding hydrogens is 228 g/mol. The van der Waals surface area contributed by atoms with Crippen LogP contribution in [0.4, 0.5) is 5.69 Å². The topological polar surface area (TPSA) is 55.5 Å². The monoisotopic (exact) mass is 246 g/mol. The van der Waals surface area contributed by atoms with Crippen LogP contribution in [-0.4, -0.2) is 17.2 Å². The van der Waals surface area contributed by atoms with Gasteiger partial charge in [-0.1, -0.05) is 31.4 Å². The largest absolute Gasteiger partial charge is 0.289 e. The summed E-state index contributed by atoms with van der Waals surface area (Å²) in [5.41, 5.74) is 1.72. The molecule has 1 aliphatic rings. The predicted molar refractivity (Wildman–Crippen MR) is 72.3 cm³/mol. The maximum Gasteiger partial charge on any atom is 0.272 e. The predicted octanol–water partition coefficient (Wildman–Crippen LogP) is 3.65. The zero-order valence-electron chi connectivity index (χ0n) is 10.6. The van der Waals surface area contributed by atoms with E-state index in [4.69, 9.17) is 0 Å². The van der Waals surface area contributed by atoms with E-state index in [2.05, 4.69) is 4.99 Å². The van der Waals surface area contributed by atoms with Crippen LogP contribution in [0.3, 0.4) is 0 Å². The van der Waals surface area contributed by atoms with Crippen molar-refractivity contribution in [2.75, 3.05) is 0 Å². The standard InChI is InChI=1S/C14H18N2O2/c1-11-12(6-5-9-14(11)16(17)18)10-15-13-7-3-2-4-8-13/h5-6,9-10,13H,2-4,7-8H2,1H3. The summed E-state index contributed by atoms with van der Waals surface area (Å²) < 4.78 is 0. The molecule has 0 atom stereocenters. The molecule has 0 aromatic heterocycles. The molecule has 0 unspecified atom stereocenters. The lowest BCUT2D eigenvalue weighted by Gasteiger charge is -2.17. The molecule has 4 nitrogen and oxygen atoms in total. The van der Waals surface area contributed by atoms with Crippen LogP contribution in [0.5, 0.6) is 0 Å². The smallest absolute Gasteiger partial charge is 0.272 e. The van der Waals surface area contributed by atoms with Gasteiger partial charge < -0.3 is 0 Å². The Balaban J connectivity index is 2.15. The van der Waals surface area contributed by atoms with Gasteiger partial charge in [-0.2, -0.15) is 0 Å². The molecule has 1 aliphatic carbocycles. The minimum atomic E-state index is -0.340. The minimum absolute atomic E-state index is 0.169. The Morgan fingerprint density at radius 3 is 2.72 bits per heavy atom. The van der Waals surface area contributed by atoms with Gasteiger partial charge in [0.2, 0.25) is 0 Å². The first kappa shape index (κ1) is 12.7. The molecule has 18 heavy (non-hydrogen) atoms. The normalized spacial score (nSPS) is 17.2. The van der Waals surface area contributed by atoms with Gasteiger partial charge in [-0.3, -0.25) is 15.1 Å². The molecule has 2 rings (SSSR count). The van der Waals surface area contributed by atoms with E-state index in [1.807, 2.05) is 6.07 Å². The third-order valence-corrected chi connectivity index (χ3v) is 3.54. The second kappa shape index (κ2) is 5.76. The molecule has 0 heterocycles. The maximum absolute atomic E-state index is 10.8. The van der Waals surface area contributed by atoms with Gasteiger partial charge in [0.05, 0.1) is 4.92 Å². The molecule has 1 aromatic rings. The summed E-state index contributed by atoms with van der Waals surface area (Å²) >= 11 is 0. The van der Waals surface area contributed by atoms with Crippen molar-refractivity contribution >= 4 is 11.9 Å². The summed E-state index contributed by atoms with van der Waals surface area (Å²) in [6.45, 7) is 1.78. The second-order valence-corrected chi connectivity index (χ2v) is 4.82. The van der Waals surface area contributed by atoms with Gasteiger partial charge in [0.1, 0.15) is 0 Å². The molecule has 0 N–H and O–H groups in total. The molecule has 0 amide bonds. The van der Waals surface area contributed by atoms with Crippen LogP contribution < -0.4 is 0 Å². The van der Waals surface area contributed by atoms with Gasteiger partial charge in [-0.15, -0.1) is 0 Å². The van der Waals surface area contributed by atoms with Crippen LogP contribution in [-0.2, 0) is 0 Å². The highest BCUT2D eigenvalue weighted by atomic mass is 16.6. The quantitative estimate of drug-likeness (QED) is 0.464. The SMILES string of the molecule is Cc1c(C=NC2CCCCC2)cccc1[N+](=O)[O-]. The summed E-state index contributed by atoms with van der Waals surface area (Å²) in [5, 5.41) is 10.8. The minimum Gasteiger partial charge on any atom is -0.289 e. The summed E-state index contributed by atoms with van der Waals surface area (Å²) in [5.74, 6) is 0. The number of hydrogen-bond donors (Lipinski definition) is 0. The van der Waals surface area contributed by atoms with Crippen molar-refractivity contribution < 1.29 is 4.92 Å². The number of nitrogens with zero attached hydrogens (tertiary/aromatic N) is 2. The van der Waals surface area contributed by atoms with Crippen molar-refractivity contribution in [1.29, 1.82) is 0 Å². The van der Waals surface area contributed by atoms with Crippen LogP contribution in [0.25, 0.3) is 0 Å². The van der Waals surface area contributed by atoms with Gasteiger partial charge in [0.25, 0.3) is 5.69 Å². The Labute approximate surface area is 107 Å². The second-order valence-electron chi connectivity index (χ2n) is 4.82. The molecule has 4 heteroatoms. The van der Waals surface area contributed by atoms with Crippen LogP contribution in [0, 0.1) is 17.0 Å². The first-order valence-electron chi connectivity index (χ1n) is 6.45. The van der Waals surface area contributed by atoms with E-state index >= 15 is 0 Å². The number of rotatable bonds is 3. The summed E-state index contributed by atoms with van der Waals surface area (Å²) in [6, 6.07) is 5.53. The lowest BCUT2D eigenvalue weighted by Crippen LogP contribution is -2.09. The van der Waals surface area contributed by atoms with Crippen LogP contribution >= 0.6 is 0 Å². The lowest BCUT2D eigenvalue weighted by molar-refractivity contribution is -0.385. The molecule has 0 bridgehead atoms. The molecule has 1 aromatic carbocycles. The van der Waals surface area contributed by atoms with Crippen molar-refractivity contribution in [3.63, 3.8) is 0 Å². The number of benzene rings is 1. The number of hydrogen-bond acceptors (Lipinski definition) is 3. The van der Waals surface area contributed by atoms with E-state index < -0.39 is 0 Å². The fourth-order valence-electron chi connectivity index (χ4n) is 2.39. The van der Waals surface area contributed by atoms with Gasteiger partial charge in [-0.05, 0) is 19.8 Å². The van der Waals surface area contributed by atoms with Crippen molar-refractivity contribution in [3.05, 3.63) is 39.4 Å². The van der Waals surface area contributed by atoms with E-state index in [1.54, 1.807) is 19.2 Å². The third kappa shape index (κ3) is 2.94. The Morgan fingerprint density at radius 1 is 1.33 bits per heavy atom. The van der Waals surface area contributed by atoms with E-state index in [1.165, 1.54) is 25.3 Å². The van der Waals surface area contributed by atoms with Gasteiger partial charge in [0, 0.05) is 29.4 Å². The Bertz CT molecular complexity index is 463. The number of nitro groups is 1. The van der Waals surface area contributed by atoms with Crippen LogP contribution in [0.2, 0.25) is 0 Å². The average Bonchev–Trinajstić information content (AvgIpc) is 2.38. The molecule has 0 saturated heterocycles. The van der Waals surface area contributed by atoms with Gasteiger partial charge in [-0.25, -0.2) is 0 Å². The summed E-state index contributed by atoms with van der Waals surface area (Å²) in [4.78, 5) is 15.1. The van der Waals surface area contributed by atoms with E-state index in [9.17, 15) is 10.1 Å². The Kier molecular flexibility index (Phi) is 4.07. The highest BCUT2D eigenvalue weighted by Crippen LogP contribution is 2.22. The molecular formula is C14H18N2O2. The Hall–Kier alpha value is -1.71. The van der Waals surface area contributed by atoms with E-state index in [0.717, 1.165) is 18.4 Å². The molecule has 0 aliphatic heterocycles. The highest BCUT2D eigenvalue weighted by molar-refractivity contribution is 5.83. The fourth-order valence-corrected chi connectivity index (χ4v) is 2.39. The zero-order chi connectivity index (χ0) is 13.0. The van der Waals surface area contributed by atoms with Gasteiger partial charge in [0.15, 0.2) is 0 Å². The fraction of sp³-hybridized carbons (Fsp3) is 0.500. The molecule has 1 saturated carbocycles.